The third-order valence-electron chi connectivity index (χ3n) is 10.6. The Hall–Kier alpha value is -6.29. The lowest BCUT2D eigenvalue weighted by Crippen LogP contribution is -2.38. The standard InChI is InChI=1S/C37H27ClF9N9O8S2/c1-14(57)56(65(3,60)61)34-27-21(38)5-6-23(29(27)53(2)52-34)55-33(50-32-18(35(55)59)4-7-25(49-32)64-66(62,63)37(45,46)47)22(10-15-8-16(39)11-17(40)9-15)48-24(58)13-54-30-26(28(51-54)31(41)42)19-12-20(19)36(30,43)44/h4-9,11,19-20,22,31H,10,12-13H2,1-3H3,(H,48,58)/t19-,20+,22-/m0/s1. The Morgan fingerprint density at radius 1 is 1.03 bits per heavy atom. The Kier molecular flexibility index (Phi) is 11.0. The molecule has 1 fully saturated rings. The van der Waals surface area contributed by atoms with Crippen molar-refractivity contribution < 1.29 is 70.1 Å². The van der Waals surface area contributed by atoms with Gasteiger partial charge >= 0.3 is 15.6 Å². The minimum absolute atomic E-state index is 0.116. The van der Waals surface area contributed by atoms with E-state index in [1.165, 1.54) is 7.05 Å². The molecule has 17 nitrogen and oxygen atoms in total. The van der Waals surface area contributed by atoms with Crippen LogP contribution in [0.25, 0.3) is 27.6 Å². The number of alkyl halides is 7. The molecule has 0 aliphatic heterocycles. The van der Waals surface area contributed by atoms with Gasteiger partial charge < -0.3 is 9.50 Å². The summed E-state index contributed by atoms with van der Waals surface area (Å²) in [6, 6.07) is 3.65. The molecular formula is C37H27ClF9N9O8S2. The van der Waals surface area contributed by atoms with Crippen molar-refractivity contribution >= 4 is 71.3 Å². The van der Waals surface area contributed by atoms with Gasteiger partial charge in [-0.05, 0) is 48.2 Å². The number of fused-ring (bicyclic) bond motifs is 5. The van der Waals surface area contributed by atoms with Gasteiger partial charge in [0.1, 0.15) is 35.4 Å². The molecule has 0 radical (unpaired) electrons. The molecule has 2 aliphatic rings. The molecule has 2 aliphatic carbocycles. The summed E-state index contributed by atoms with van der Waals surface area (Å²) in [7, 11) is -9.59. The van der Waals surface area contributed by atoms with Gasteiger partial charge in [0, 0.05) is 44.0 Å². The van der Waals surface area contributed by atoms with Crippen LogP contribution in [0.3, 0.4) is 0 Å². The summed E-state index contributed by atoms with van der Waals surface area (Å²) in [5, 5.41) is 9.01. The van der Waals surface area contributed by atoms with Gasteiger partial charge in [-0.15, -0.1) is 0 Å². The Labute approximate surface area is 368 Å². The van der Waals surface area contributed by atoms with E-state index in [1.807, 2.05) is 0 Å². The Bertz CT molecular complexity index is 3340. The number of benzene rings is 2. The molecule has 0 saturated heterocycles. The fourth-order valence-corrected chi connectivity index (χ4v) is 9.62. The highest BCUT2D eigenvalue weighted by atomic mass is 35.5. The fourth-order valence-electron chi connectivity index (χ4n) is 8.06. The smallest absolute Gasteiger partial charge is 0.355 e. The molecule has 1 N–H and O–H groups in total. The van der Waals surface area contributed by atoms with E-state index in [9.17, 15) is 62.0 Å². The van der Waals surface area contributed by atoms with Crippen LogP contribution < -0.4 is 19.4 Å². The number of halogens is 10. The Morgan fingerprint density at radius 3 is 2.30 bits per heavy atom. The Balaban J connectivity index is 1.37. The van der Waals surface area contributed by atoms with Crippen molar-refractivity contribution in [3.8, 4) is 11.6 Å². The zero-order chi connectivity index (χ0) is 48.3. The summed E-state index contributed by atoms with van der Waals surface area (Å²) >= 11 is 6.57. The van der Waals surface area contributed by atoms with Crippen LogP contribution in [0.1, 0.15) is 60.1 Å². The number of pyridine rings is 1. The maximum atomic E-state index is 15.5. The topological polar surface area (TPSA) is 210 Å². The number of aryl methyl sites for hydroxylation is 1. The highest BCUT2D eigenvalue weighted by Crippen LogP contribution is 2.68. The Morgan fingerprint density at radius 2 is 1.70 bits per heavy atom. The van der Waals surface area contributed by atoms with Crippen LogP contribution in [-0.2, 0) is 55.7 Å². The van der Waals surface area contributed by atoms with Crippen molar-refractivity contribution in [1.82, 2.24) is 39.4 Å². The van der Waals surface area contributed by atoms with E-state index in [1.54, 1.807) is 0 Å². The summed E-state index contributed by atoms with van der Waals surface area (Å²) in [4.78, 5) is 49.5. The van der Waals surface area contributed by atoms with Gasteiger partial charge in [-0.25, -0.2) is 31.0 Å². The molecule has 350 valence electrons. The van der Waals surface area contributed by atoms with Crippen molar-refractivity contribution in [3.05, 3.63) is 97.8 Å². The molecule has 4 heterocycles. The summed E-state index contributed by atoms with van der Waals surface area (Å²) in [5.74, 6) is -13.3. The van der Waals surface area contributed by atoms with Crippen molar-refractivity contribution in [2.45, 2.75) is 56.1 Å². The molecule has 6 aromatic rings. The number of aromatic nitrogens is 7. The monoisotopic (exact) mass is 995 g/mol. The van der Waals surface area contributed by atoms with Crippen molar-refractivity contribution in [2.24, 2.45) is 13.0 Å². The van der Waals surface area contributed by atoms with E-state index in [2.05, 4.69) is 29.7 Å². The predicted molar refractivity (Wildman–Crippen MR) is 211 cm³/mol. The van der Waals surface area contributed by atoms with Gasteiger partial charge in [0.2, 0.25) is 27.7 Å². The van der Waals surface area contributed by atoms with Gasteiger partial charge in [-0.3, -0.25) is 28.3 Å². The van der Waals surface area contributed by atoms with E-state index in [-0.39, 0.29) is 37.9 Å². The lowest BCUT2D eigenvalue weighted by atomic mass is 10.0. The van der Waals surface area contributed by atoms with Crippen LogP contribution in [0.4, 0.5) is 45.3 Å². The number of nitrogens with zero attached hydrogens (tertiary/aromatic N) is 8. The van der Waals surface area contributed by atoms with E-state index in [4.69, 9.17) is 11.6 Å². The minimum Gasteiger partial charge on any atom is -0.355 e. The van der Waals surface area contributed by atoms with E-state index in [0.717, 1.165) is 41.9 Å². The third-order valence-corrected chi connectivity index (χ3v) is 13.0. The number of carbonyl (C=O) groups is 2. The zero-order valence-electron chi connectivity index (χ0n) is 33.4. The quantitative estimate of drug-likeness (QED) is 0.0905. The number of nitrogens with one attached hydrogen (secondary N) is 1. The van der Waals surface area contributed by atoms with Crippen molar-refractivity contribution in [2.75, 3.05) is 10.6 Å². The number of hydrogen-bond donors (Lipinski definition) is 1. The van der Waals surface area contributed by atoms with Gasteiger partial charge in [0.15, 0.2) is 11.5 Å². The van der Waals surface area contributed by atoms with E-state index >= 15 is 8.78 Å². The second-order valence-corrected chi connectivity index (χ2v) is 19.0. The highest BCUT2D eigenvalue weighted by molar-refractivity contribution is 7.92. The normalized spacial score (nSPS) is 17.2. The second kappa shape index (κ2) is 15.7. The molecular weight excluding hydrogens is 969 g/mol. The van der Waals surface area contributed by atoms with Gasteiger partial charge in [0.05, 0.1) is 39.3 Å². The van der Waals surface area contributed by atoms with Crippen LogP contribution in [0.5, 0.6) is 5.88 Å². The third kappa shape index (κ3) is 7.86. The average Bonchev–Trinajstić information content (AvgIpc) is 3.71. The molecule has 0 unspecified atom stereocenters. The summed E-state index contributed by atoms with van der Waals surface area (Å²) < 4.78 is 185. The zero-order valence-corrected chi connectivity index (χ0v) is 35.8. The molecule has 66 heavy (non-hydrogen) atoms. The average molecular weight is 996 g/mol. The maximum Gasteiger partial charge on any atom is 0.534 e. The molecule has 2 amide bonds. The first-order valence-corrected chi connectivity index (χ1v) is 22.4. The molecule has 2 aromatic carbocycles. The molecule has 29 heteroatoms. The first-order chi connectivity index (χ1) is 30.6. The molecule has 4 aromatic heterocycles. The van der Waals surface area contributed by atoms with Gasteiger partial charge in [-0.2, -0.15) is 49.9 Å². The summed E-state index contributed by atoms with van der Waals surface area (Å²) in [6.07, 6.45) is -3.56. The van der Waals surface area contributed by atoms with E-state index < -0.39 is 143 Å². The first kappa shape index (κ1) is 46.2. The number of carbonyl (C=O) groups excluding carboxylic acids is 2. The van der Waals surface area contributed by atoms with Gasteiger partial charge in [0.25, 0.3) is 17.9 Å². The van der Waals surface area contributed by atoms with Crippen LogP contribution in [0, 0.1) is 17.6 Å². The second-order valence-electron chi connectivity index (χ2n) is 15.2. The predicted octanol–water partition coefficient (Wildman–Crippen LogP) is 5.58. The molecule has 0 bridgehead atoms. The maximum absolute atomic E-state index is 15.5. The van der Waals surface area contributed by atoms with Crippen molar-refractivity contribution in [1.29, 1.82) is 0 Å². The van der Waals surface area contributed by atoms with Crippen LogP contribution in [-0.4, -0.2) is 74.5 Å². The number of hydrogen-bond acceptors (Lipinski definition) is 12. The number of amides is 2. The number of rotatable bonds is 12. The van der Waals surface area contributed by atoms with Crippen LogP contribution >= 0.6 is 11.6 Å². The molecule has 1 saturated carbocycles. The number of sulfonamides is 1. The van der Waals surface area contributed by atoms with Crippen LogP contribution in [0.2, 0.25) is 5.02 Å². The van der Waals surface area contributed by atoms with E-state index in [0.29, 0.717) is 27.6 Å². The fraction of sp³-hybridized carbons (Fsp3) is 0.324. The lowest BCUT2D eigenvalue weighted by Gasteiger charge is -2.24. The minimum atomic E-state index is -6.38. The largest absolute Gasteiger partial charge is 0.534 e. The van der Waals surface area contributed by atoms with Crippen molar-refractivity contribution in [3.63, 3.8) is 0 Å². The van der Waals surface area contributed by atoms with Gasteiger partial charge in [-0.1, -0.05) is 11.6 Å². The molecule has 0 spiro atoms. The summed E-state index contributed by atoms with van der Waals surface area (Å²) in [6.45, 7) is -0.317. The number of anilines is 1. The first-order valence-electron chi connectivity index (χ1n) is 18.7. The SMILES string of the molecule is CC(=O)N(c1nn(C)c2c(-n3c([C@H](Cc4cc(F)cc(F)c4)NC(=O)Cn4nc(C(F)F)c5c4C(F)(F)[C@@H]4C[C@H]54)nc4nc(OS(=O)(=O)C(F)(F)F)ccc4c3=O)ccc(Cl)c12)S(C)(=O)=O. The molecule has 8 rings (SSSR count). The molecule has 3 atom stereocenters. The highest BCUT2D eigenvalue weighted by Gasteiger charge is 2.67. The van der Waals surface area contributed by atoms with Crippen LogP contribution in [0.15, 0.2) is 47.3 Å². The lowest BCUT2D eigenvalue weighted by molar-refractivity contribution is -0.123. The summed E-state index contributed by atoms with van der Waals surface area (Å²) in [5.41, 5.74) is -11.3.